The molecule has 0 aliphatic heterocycles. The van der Waals surface area contributed by atoms with Crippen LogP contribution in [0.25, 0.3) is 11.8 Å². The van der Waals surface area contributed by atoms with Crippen LogP contribution in [0.4, 0.5) is 0 Å². The highest BCUT2D eigenvalue weighted by atomic mass is 32.1. The maximum Gasteiger partial charge on any atom is 0.343 e. The van der Waals surface area contributed by atoms with Gasteiger partial charge in [0.1, 0.15) is 5.76 Å². The predicted octanol–water partition coefficient (Wildman–Crippen LogP) is 4.97. The first-order valence-electron chi connectivity index (χ1n) is 7.29. The van der Waals surface area contributed by atoms with Gasteiger partial charge in [-0.2, -0.15) is 5.26 Å². The van der Waals surface area contributed by atoms with Crippen molar-refractivity contribution in [3.05, 3.63) is 93.7 Å². The highest BCUT2D eigenvalue weighted by molar-refractivity contribution is 7.11. The Labute approximate surface area is 144 Å². The van der Waals surface area contributed by atoms with E-state index in [2.05, 4.69) is 6.07 Å². The molecule has 0 unspecified atom stereocenters. The van der Waals surface area contributed by atoms with Crippen LogP contribution in [-0.4, -0.2) is 5.97 Å². The molecule has 1 heterocycles. The third-order valence-corrected chi connectivity index (χ3v) is 4.20. The summed E-state index contributed by atoms with van der Waals surface area (Å²) in [5.41, 5.74) is 1.95. The minimum atomic E-state index is -0.399. The summed E-state index contributed by atoms with van der Waals surface area (Å²) < 4.78 is 5.61. The number of nitrogens with zero attached hydrogens (tertiary/aromatic N) is 1. The molecule has 3 rings (SSSR count). The number of carbonyl (C=O) groups is 1. The molecule has 0 aliphatic carbocycles. The van der Waals surface area contributed by atoms with Gasteiger partial charge in [0, 0.05) is 0 Å². The molecule has 0 aliphatic rings. The van der Waals surface area contributed by atoms with Crippen molar-refractivity contribution in [2.75, 3.05) is 0 Å². The summed E-state index contributed by atoms with van der Waals surface area (Å²) in [6, 6.07) is 21.9. The van der Waals surface area contributed by atoms with Crippen molar-refractivity contribution in [1.29, 1.82) is 5.26 Å². The number of benzene rings is 2. The Morgan fingerprint density at radius 1 is 1.00 bits per heavy atom. The maximum absolute atomic E-state index is 12.3. The Bertz CT molecular complexity index is 889. The van der Waals surface area contributed by atoms with Crippen molar-refractivity contribution in [3.8, 4) is 6.07 Å². The number of ether oxygens (including phenoxy) is 1. The molecule has 0 radical (unpaired) electrons. The number of thiophene rings is 1. The predicted molar refractivity (Wildman–Crippen MR) is 95.2 cm³/mol. The normalized spacial score (nSPS) is 10.9. The van der Waals surface area contributed by atoms with Gasteiger partial charge in [-0.3, -0.25) is 0 Å². The van der Waals surface area contributed by atoms with Crippen LogP contribution in [-0.2, 0) is 4.74 Å². The van der Waals surface area contributed by atoms with Crippen molar-refractivity contribution >= 4 is 29.1 Å². The molecule has 0 amide bonds. The van der Waals surface area contributed by atoms with Gasteiger partial charge < -0.3 is 4.74 Å². The zero-order valence-electron chi connectivity index (χ0n) is 12.7. The summed E-state index contributed by atoms with van der Waals surface area (Å²) in [6.07, 6.45) is 1.80. The molecule has 116 valence electrons. The van der Waals surface area contributed by atoms with E-state index in [0.29, 0.717) is 16.9 Å². The molecule has 3 aromatic rings. The smallest absolute Gasteiger partial charge is 0.343 e. The first-order valence-corrected chi connectivity index (χ1v) is 8.17. The Hall–Kier alpha value is -3.16. The largest absolute Gasteiger partial charge is 0.421 e. The van der Waals surface area contributed by atoms with Gasteiger partial charge in [-0.1, -0.05) is 36.4 Å². The fourth-order valence-electron chi connectivity index (χ4n) is 2.11. The Kier molecular flexibility index (Phi) is 4.85. The molecule has 2 aromatic carbocycles. The number of hydrogen-bond donors (Lipinski definition) is 0. The third-order valence-electron chi connectivity index (χ3n) is 3.31. The number of nitriles is 1. The fraction of sp³-hybridized carbons (Fsp3) is 0. The molecule has 3 nitrogen and oxygen atoms in total. The summed E-state index contributed by atoms with van der Waals surface area (Å²) in [4.78, 5) is 13.2. The van der Waals surface area contributed by atoms with Crippen LogP contribution in [0.5, 0.6) is 0 Å². The molecule has 0 atom stereocenters. The fourth-order valence-corrected chi connectivity index (χ4v) is 2.79. The quantitative estimate of drug-likeness (QED) is 0.501. The molecule has 0 saturated heterocycles. The van der Waals surface area contributed by atoms with Gasteiger partial charge in [0.25, 0.3) is 0 Å². The third kappa shape index (κ3) is 3.78. The number of rotatable bonds is 4. The van der Waals surface area contributed by atoms with E-state index in [-0.39, 0.29) is 0 Å². The standard InChI is InChI=1S/C20H13NO2S/c21-14-16-10-8-15(9-11-16)13-18(19-7-4-12-24-19)23-20(22)17-5-2-1-3-6-17/h1-13H. The summed E-state index contributed by atoms with van der Waals surface area (Å²) in [5, 5.41) is 10.8. The number of esters is 1. The van der Waals surface area contributed by atoms with Crippen LogP contribution in [0.3, 0.4) is 0 Å². The lowest BCUT2D eigenvalue weighted by Crippen LogP contribution is -2.03. The summed E-state index contributed by atoms with van der Waals surface area (Å²) in [6.45, 7) is 0. The van der Waals surface area contributed by atoms with Gasteiger partial charge >= 0.3 is 5.97 Å². The Morgan fingerprint density at radius 2 is 1.75 bits per heavy atom. The zero-order chi connectivity index (χ0) is 16.8. The lowest BCUT2D eigenvalue weighted by Gasteiger charge is -2.08. The van der Waals surface area contributed by atoms with Crippen molar-refractivity contribution in [1.82, 2.24) is 0 Å². The lowest BCUT2D eigenvalue weighted by atomic mass is 10.1. The molecule has 1 aromatic heterocycles. The van der Waals surface area contributed by atoms with Gasteiger partial charge in [0.05, 0.1) is 22.1 Å². The van der Waals surface area contributed by atoms with Crippen LogP contribution in [0.15, 0.2) is 72.1 Å². The van der Waals surface area contributed by atoms with Gasteiger partial charge in [-0.25, -0.2) is 4.79 Å². The second-order valence-corrected chi connectivity index (χ2v) is 5.92. The maximum atomic E-state index is 12.3. The molecule has 0 fully saturated rings. The average molecular weight is 331 g/mol. The van der Waals surface area contributed by atoms with Crippen LogP contribution < -0.4 is 0 Å². The molecule has 0 bridgehead atoms. The summed E-state index contributed by atoms with van der Waals surface area (Å²) in [5.74, 6) is 0.0902. The number of hydrogen-bond acceptors (Lipinski definition) is 4. The van der Waals surface area contributed by atoms with E-state index in [4.69, 9.17) is 10.00 Å². The van der Waals surface area contributed by atoms with Crippen molar-refractivity contribution in [2.45, 2.75) is 0 Å². The molecule has 0 saturated carbocycles. The van der Waals surface area contributed by atoms with Gasteiger partial charge in [-0.15, -0.1) is 11.3 Å². The topological polar surface area (TPSA) is 50.1 Å². The molecule has 4 heteroatoms. The minimum absolute atomic E-state index is 0.399. The van der Waals surface area contributed by atoms with Crippen molar-refractivity contribution in [2.24, 2.45) is 0 Å². The van der Waals surface area contributed by atoms with Gasteiger partial charge in [-0.05, 0) is 47.4 Å². The highest BCUT2D eigenvalue weighted by Crippen LogP contribution is 2.25. The van der Waals surface area contributed by atoms with Gasteiger partial charge in [0.2, 0.25) is 0 Å². The Balaban J connectivity index is 1.91. The average Bonchev–Trinajstić information content (AvgIpc) is 3.17. The molecule has 0 spiro atoms. The van der Waals surface area contributed by atoms with Crippen LogP contribution in [0.2, 0.25) is 0 Å². The van der Waals surface area contributed by atoms with Crippen LogP contribution in [0, 0.1) is 11.3 Å². The monoisotopic (exact) mass is 331 g/mol. The zero-order valence-corrected chi connectivity index (χ0v) is 13.5. The molecule has 24 heavy (non-hydrogen) atoms. The minimum Gasteiger partial charge on any atom is -0.421 e. The van der Waals surface area contributed by atoms with E-state index < -0.39 is 5.97 Å². The van der Waals surface area contributed by atoms with Crippen LogP contribution >= 0.6 is 11.3 Å². The van der Waals surface area contributed by atoms with E-state index in [0.717, 1.165) is 10.4 Å². The molecule has 0 N–H and O–H groups in total. The Morgan fingerprint density at radius 3 is 2.38 bits per heavy atom. The van der Waals surface area contributed by atoms with E-state index in [1.54, 1.807) is 42.5 Å². The first kappa shape index (κ1) is 15.7. The van der Waals surface area contributed by atoms with E-state index in [1.165, 1.54) is 11.3 Å². The van der Waals surface area contributed by atoms with E-state index in [1.807, 2.05) is 35.7 Å². The highest BCUT2D eigenvalue weighted by Gasteiger charge is 2.12. The SMILES string of the molecule is N#Cc1ccc(C=C(OC(=O)c2ccccc2)c2cccs2)cc1. The second kappa shape index (κ2) is 7.40. The lowest BCUT2D eigenvalue weighted by molar-refractivity contribution is 0.0694. The van der Waals surface area contributed by atoms with Crippen molar-refractivity contribution in [3.63, 3.8) is 0 Å². The molecular formula is C20H13NO2S. The first-order chi connectivity index (χ1) is 11.8. The van der Waals surface area contributed by atoms with E-state index >= 15 is 0 Å². The summed E-state index contributed by atoms with van der Waals surface area (Å²) >= 11 is 1.50. The number of carbonyl (C=O) groups excluding carboxylic acids is 1. The van der Waals surface area contributed by atoms with E-state index in [9.17, 15) is 4.79 Å². The summed E-state index contributed by atoms with van der Waals surface area (Å²) in [7, 11) is 0. The second-order valence-electron chi connectivity index (χ2n) is 4.98. The van der Waals surface area contributed by atoms with Crippen molar-refractivity contribution < 1.29 is 9.53 Å². The van der Waals surface area contributed by atoms with Gasteiger partial charge in [0.15, 0.2) is 0 Å². The van der Waals surface area contributed by atoms with Crippen LogP contribution in [0.1, 0.15) is 26.4 Å². The molecular weight excluding hydrogens is 318 g/mol.